The highest BCUT2D eigenvalue weighted by Gasteiger charge is 2.25. The van der Waals surface area contributed by atoms with Crippen LogP contribution < -0.4 is 18.9 Å². The van der Waals surface area contributed by atoms with Gasteiger partial charge in [0.2, 0.25) is 5.75 Å². The normalized spacial score (nSPS) is 13.8. The molecule has 0 aliphatic carbocycles. The first kappa shape index (κ1) is 25.3. The lowest BCUT2D eigenvalue weighted by atomic mass is 10.1. The Labute approximate surface area is 210 Å². The van der Waals surface area contributed by atoms with Crippen LogP contribution in [0.25, 0.3) is 0 Å². The Morgan fingerprint density at radius 3 is 2.03 bits per heavy atom. The molecule has 1 amide bonds. The molecule has 0 radical (unpaired) electrons. The number of carbonyl (C=O) groups excluding carboxylic acids is 1. The summed E-state index contributed by atoms with van der Waals surface area (Å²) < 4.78 is 36.1. The summed E-state index contributed by atoms with van der Waals surface area (Å²) in [5, 5.41) is 0. The number of benzene rings is 3. The zero-order chi connectivity index (χ0) is 25.5. The zero-order valence-corrected chi connectivity index (χ0v) is 20.8. The Kier molecular flexibility index (Phi) is 8.28. The van der Waals surface area contributed by atoms with Gasteiger partial charge in [-0.3, -0.25) is 9.69 Å². The molecule has 0 atom stereocenters. The number of ether oxygens (including phenoxy) is 4. The van der Waals surface area contributed by atoms with E-state index in [-0.39, 0.29) is 17.5 Å². The van der Waals surface area contributed by atoms with Gasteiger partial charge in [-0.15, -0.1) is 0 Å². The van der Waals surface area contributed by atoms with Gasteiger partial charge in [0.1, 0.15) is 6.61 Å². The fraction of sp³-hybridized carbons (Fsp3) is 0.321. The van der Waals surface area contributed by atoms with Gasteiger partial charge in [-0.25, -0.2) is 4.39 Å². The number of halogens is 1. The molecule has 1 fully saturated rings. The minimum Gasteiger partial charge on any atom is -0.494 e. The minimum absolute atomic E-state index is 0.101. The summed E-state index contributed by atoms with van der Waals surface area (Å²) in [4.78, 5) is 17.3. The third-order valence-corrected chi connectivity index (χ3v) is 6.22. The van der Waals surface area contributed by atoms with Crippen molar-refractivity contribution in [2.24, 2.45) is 0 Å². The molecule has 1 heterocycles. The van der Waals surface area contributed by atoms with Crippen LogP contribution in [0.5, 0.6) is 23.0 Å². The second kappa shape index (κ2) is 11.8. The van der Waals surface area contributed by atoms with E-state index in [9.17, 15) is 9.18 Å². The maximum absolute atomic E-state index is 14.0. The van der Waals surface area contributed by atoms with Gasteiger partial charge >= 0.3 is 0 Å². The smallest absolute Gasteiger partial charge is 0.254 e. The lowest BCUT2D eigenvalue weighted by molar-refractivity contribution is 0.0627. The Balaban J connectivity index is 1.40. The molecule has 8 heteroatoms. The van der Waals surface area contributed by atoms with Crippen LogP contribution in [0.1, 0.15) is 21.5 Å². The summed E-state index contributed by atoms with van der Waals surface area (Å²) in [5.74, 6) is 1.09. The fourth-order valence-electron chi connectivity index (χ4n) is 4.23. The Morgan fingerprint density at radius 2 is 1.44 bits per heavy atom. The number of nitrogens with zero attached hydrogens (tertiary/aromatic N) is 2. The quantitative estimate of drug-likeness (QED) is 0.440. The number of carbonyl (C=O) groups is 1. The fourth-order valence-corrected chi connectivity index (χ4v) is 4.23. The number of piperazine rings is 1. The van der Waals surface area contributed by atoms with E-state index in [0.717, 1.165) is 11.1 Å². The molecule has 0 spiro atoms. The van der Waals surface area contributed by atoms with Crippen molar-refractivity contribution >= 4 is 5.91 Å². The van der Waals surface area contributed by atoms with Gasteiger partial charge in [0, 0.05) is 38.3 Å². The highest BCUT2D eigenvalue weighted by Crippen LogP contribution is 2.39. The second-order valence-corrected chi connectivity index (χ2v) is 8.52. The minimum atomic E-state index is -0.372. The predicted molar refractivity (Wildman–Crippen MR) is 134 cm³/mol. The predicted octanol–water partition coefficient (Wildman–Crippen LogP) is 4.39. The molecule has 0 N–H and O–H groups in total. The molecule has 3 aromatic carbocycles. The van der Waals surface area contributed by atoms with E-state index in [2.05, 4.69) is 4.90 Å². The number of methoxy groups -OCH3 is 3. The van der Waals surface area contributed by atoms with E-state index >= 15 is 0 Å². The number of hydrogen-bond donors (Lipinski definition) is 0. The Hall–Kier alpha value is -3.78. The molecule has 1 aliphatic rings. The first-order valence-corrected chi connectivity index (χ1v) is 11.8. The number of amides is 1. The Morgan fingerprint density at radius 1 is 0.806 bits per heavy atom. The highest BCUT2D eigenvalue weighted by molar-refractivity contribution is 5.95. The van der Waals surface area contributed by atoms with E-state index in [1.165, 1.54) is 13.2 Å². The molecule has 0 unspecified atom stereocenters. The topological polar surface area (TPSA) is 60.5 Å². The molecule has 1 aliphatic heterocycles. The van der Waals surface area contributed by atoms with Crippen molar-refractivity contribution in [3.05, 3.63) is 83.2 Å². The molecule has 0 saturated carbocycles. The molecule has 7 nitrogen and oxygen atoms in total. The molecule has 0 bridgehead atoms. The standard InChI is InChI=1S/C28H31FN2O5/c1-33-24-10-9-21(15-23(24)29)18-30-11-13-31(14-12-30)28(32)22-16-25(34-2)27(26(17-22)35-3)36-19-20-7-5-4-6-8-20/h4-10,15-17H,11-14,18-19H2,1-3H3. The van der Waals surface area contributed by atoms with Crippen molar-refractivity contribution in [3.8, 4) is 23.0 Å². The Bertz CT molecular complexity index is 1150. The molecule has 3 aromatic rings. The third-order valence-electron chi connectivity index (χ3n) is 6.22. The highest BCUT2D eigenvalue weighted by atomic mass is 19.1. The van der Waals surface area contributed by atoms with E-state index in [1.807, 2.05) is 41.3 Å². The van der Waals surface area contributed by atoms with Gasteiger partial charge in [0.25, 0.3) is 5.91 Å². The molecule has 0 aromatic heterocycles. The molecule has 4 rings (SSSR count). The van der Waals surface area contributed by atoms with Crippen LogP contribution in [0.15, 0.2) is 60.7 Å². The van der Waals surface area contributed by atoms with Crippen LogP contribution in [0.3, 0.4) is 0 Å². The number of hydrogen-bond acceptors (Lipinski definition) is 6. The molecular formula is C28H31FN2O5. The van der Waals surface area contributed by atoms with Crippen molar-refractivity contribution in [3.63, 3.8) is 0 Å². The molecule has 190 valence electrons. The summed E-state index contributed by atoms with van der Waals surface area (Å²) in [7, 11) is 4.53. The van der Waals surface area contributed by atoms with Gasteiger partial charge in [-0.1, -0.05) is 36.4 Å². The van der Waals surface area contributed by atoms with Crippen LogP contribution in [0.2, 0.25) is 0 Å². The second-order valence-electron chi connectivity index (χ2n) is 8.52. The first-order valence-electron chi connectivity index (χ1n) is 11.8. The third kappa shape index (κ3) is 5.88. The van der Waals surface area contributed by atoms with Gasteiger partial charge in [0.15, 0.2) is 23.1 Å². The van der Waals surface area contributed by atoms with Crippen LogP contribution in [-0.4, -0.2) is 63.2 Å². The van der Waals surface area contributed by atoms with Gasteiger partial charge in [-0.05, 0) is 35.4 Å². The average Bonchev–Trinajstić information content (AvgIpc) is 2.92. The van der Waals surface area contributed by atoms with E-state index in [4.69, 9.17) is 18.9 Å². The van der Waals surface area contributed by atoms with Crippen molar-refractivity contribution in [1.29, 1.82) is 0 Å². The summed E-state index contributed by atoms with van der Waals surface area (Å²) in [6.45, 7) is 3.46. The summed E-state index contributed by atoms with van der Waals surface area (Å²) >= 11 is 0. The van der Waals surface area contributed by atoms with Crippen molar-refractivity contribution in [1.82, 2.24) is 9.80 Å². The molecular weight excluding hydrogens is 463 g/mol. The van der Waals surface area contributed by atoms with Gasteiger partial charge in [-0.2, -0.15) is 0 Å². The van der Waals surface area contributed by atoms with E-state index in [1.54, 1.807) is 32.4 Å². The monoisotopic (exact) mass is 494 g/mol. The van der Waals surface area contributed by atoms with Crippen molar-refractivity contribution in [2.75, 3.05) is 47.5 Å². The largest absolute Gasteiger partial charge is 0.494 e. The summed E-state index contributed by atoms with van der Waals surface area (Å²) in [6.07, 6.45) is 0. The maximum atomic E-state index is 14.0. The first-order chi connectivity index (χ1) is 17.5. The molecule has 1 saturated heterocycles. The SMILES string of the molecule is COc1ccc(CN2CCN(C(=O)c3cc(OC)c(OCc4ccccc4)c(OC)c3)CC2)cc1F. The van der Waals surface area contributed by atoms with Gasteiger partial charge in [0.05, 0.1) is 21.3 Å². The van der Waals surface area contributed by atoms with Crippen LogP contribution in [-0.2, 0) is 13.2 Å². The zero-order valence-electron chi connectivity index (χ0n) is 20.8. The lowest BCUT2D eigenvalue weighted by Crippen LogP contribution is -2.48. The van der Waals surface area contributed by atoms with E-state index in [0.29, 0.717) is 62.1 Å². The number of rotatable bonds is 9. The van der Waals surface area contributed by atoms with Gasteiger partial charge < -0.3 is 23.8 Å². The maximum Gasteiger partial charge on any atom is 0.254 e. The molecule has 36 heavy (non-hydrogen) atoms. The van der Waals surface area contributed by atoms with Crippen molar-refractivity contribution in [2.45, 2.75) is 13.2 Å². The lowest BCUT2D eigenvalue weighted by Gasteiger charge is -2.35. The van der Waals surface area contributed by atoms with Crippen LogP contribution in [0, 0.1) is 5.82 Å². The average molecular weight is 495 g/mol. The van der Waals surface area contributed by atoms with Crippen LogP contribution >= 0.6 is 0 Å². The van der Waals surface area contributed by atoms with Crippen molar-refractivity contribution < 1.29 is 28.1 Å². The summed E-state index contributed by atoms with van der Waals surface area (Å²) in [5.41, 5.74) is 2.35. The van der Waals surface area contributed by atoms with Crippen LogP contribution in [0.4, 0.5) is 4.39 Å². The summed E-state index contributed by atoms with van der Waals surface area (Å²) in [6, 6.07) is 18.2. The van der Waals surface area contributed by atoms with E-state index < -0.39 is 0 Å².